The number of rotatable bonds is 7. The summed E-state index contributed by atoms with van der Waals surface area (Å²) < 4.78 is 22.5. The van der Waals surface area contributed by atoms with Crippen LogP contribution < -0.4 is 19.6 Å². The molecule has 0 aliphatic carbocycles. The van der Waals surface area contributed by atoms with E-state index in [2.05, 4.69) is 26.5 Å². The van der Waals surface area contributed by atoms with Crippen molar-refractivity contribution in [3.05, 3.63) is 51.0 Å². The molecule has 1 amide bonds. The van der Waals surface area contributed by atoms with Crippen molar-refractivity contribution in [2.75, 3.05) is 39.6 Å². The fourth-order valence-corrected chi connectivity index (χ4v) is 4.14. The summed E-state index contributed by atoms with van der Waals surface area (Å²) in [6.45, 7) is 3.62. The molecule has 0 unspecified atom stereocenters. The molecule has 2 heterocycles. The van der Waals surface area contributed by atoms with E-state index in [-0.39, 0.29) is 19.2 Å². The molecule has 2 aromatic rings. The molecule has 1 fully saturated rings. The SMILES string of the molecule is O=C(CN1CCOCC1)N/N=C/c1cc(Cl)c(OCc2ccc3c(c2)OCO3)c(Br)c1. The molecule has 1 N–H and O–H groups in total. The Morgan fingerprint density at radius 3 is 2.84 bits per heavy atom. The second-order valence-electron chi connectivity index (χ2n) is 6.97. The average Bonchev–Trinajstić information content (AvgIpc) is 3.22. The number of carbonyl (C=O) groups excluding carboxylic acids is 1. The number of halogens is 2. The number of ether oxygens (including phenoxy) is 4. The summed E-state index contributed by atoms with van der Waals surface area (Å²) in [6.07, 6.45) is 1.54. The summed E-state index contributed by atoms with van der Waals surface area (Å²) in [5, 5.41) is 4.44. The third kappa shape index (κ3) is 5.88. The monoisotopic (exact) mass is 509 g/mol. The van der Waals surface area contributed by atoms with Crippen molar-refractivity contribution in [2.45, 2.75) is 6.61 Å². The fraction of sp³-hybridized carbons (Fsp3) is 0.333. The predicted octanol–water partition coefficient (Wildman–Crippen LogP) is 3.19. The first-order valence-corrected chi connectivity index (χ1v) is 10.9. The number of amides is 1. The van der Waals surface area contributed by atoms with E-state index < -0.39 is 0 Å². The van der Waals surface area contributed by atoms with Crippen molar-refractivity contribution in [1.29, 1.82) is 0 Å². The van der Waals surface area contributed by atoms with Gasteiger partial charge in [-0.1, -0.05) is 17.7 Å². The lowest BCUT2D eigenvalue weighted by Crippen LogP contribution is -2.42. The average molecular weight is 511 g/mol. The van der Waals surface area contributed by atoms with Gasteiger partial charge in [0.1, 0.15) is 6.61 Å². The van der Waals surface area contributed by atoms with E-state index in [1.807, 2.05) is 29.2 Å². The highest BCUT2D eigenvalue weighted by atomic mass is 79.9. The van der Waals surface area contributed by atoms with Crippen LogP contribution in [0.4, 0.5) is 0 Å². The highest BCUT2D eigenvalue weighted by Gasteiger charge is 2.15. The van der Waals surface area contributed by atoms with E-state index in [0.29, 0.717) is 40.8 Å². The Kier molecular flexibility index (Phi) is 7.29. The van der Waals surface area contributed by atoms with Crippen molar-refractivity contribution < 1.29 is 23.7 Å². The van der Waals surface area contributed by atoms with Crippen molar-refractivity contribution in [1.82, 2.24) is 10.3 Å². The van der Waals surface area contributed by atoms with E-state index in [4.69, 9.17) is 30.5 Å². The number of fused-ring (bicyclic) bond motifs is 1. The molecule has 0 spiro atoms. The molecule has 164 valence electrons. The zero-order valence-corrected chi connectivity index (χ0v) is 18.9. The van der Waals surface area contributed by atoms with Crippen LogP contribution in [-0.4, -0.2) is 56.7 Å². The van der Waals surface area contributed by atoms with Crippen LogP contribution in [0.2, 0.25) is 5.02 Å². The number of nitrogens with one attached hydrogen (secondary N) is 1. The summed E-state index contributed by atoms with van der Waals surface area (Å²) in [5.41, 5.74) is 4.19. The van der Waals surface area contributed by atoms with E-state index in [9.17, 15) is 4.79 Å². The van der Waals surface area contributed by atoms with Crippen molar-refractivity contribution in [3.8, 4) is 17.2 Å². The second kappa shape index (κ2) is 10.3. The summed E-state index contributed by atoms with van der Waals surface area (Å²) in [5.74, 6) is 1.77. The molecule has 2 aliphatic rings. The van der Waals surface area contributed by atoms with Gasteiger partial charge >= 0.3 is 0 Å². The van der Waals surface area contributed by atoms with Gasteiger partial charge in [0.2, 0.25) is 6.79 Å². The number of carbonyl (C=O) groups is 1. The maximum absolute atomic E-state index is 12.0. The van der Waals surface area contributed by atoms with Gasteiger partial charge in [-0.2, -0.15) is 5.10 Å². The van der Waals surface area contributed by atoms with Crippen LogP contribution in [0.5, 0.6) is 17.2 Å². The third-order valence-corrected chi connectivity index (χ3v) is 5.58. The molecule has 0 aromatic heterocycles. The first kappa shape index (κ1) is 21.9. The van der Waals surface area contributed by atoms with Gasteiger partial charge in [-0.3, -0.25) is 9.69 Å². The number of morpholine rings is 1. The largest absolute Gasteiger partial charge is 0.486 e. The molecule has 31 heavy (non-hydrogen) atoms. The molecule has 0 saturated carbocycles. The minimum absolute atomic E-state index is 0.174. The van der Waals surface area contributed by atoms with Gasteiger partial charge in [0, 0.05) is 13.1 Å². The van der Waals surface area contributed by atoms with E-state index in [1.165, 1.54) is 6.21 Å². The maximum atomic E-state index is 12.0. The molecule has 1 saturated heterocycles. The Hall–Kier alpha value is -2.33. The number of hydrogen-bond acceptors (Lipinski definition) is 7. The van der Waals surface area contributed by atoms with Crippen LogP contribution in [0.25, 0.3) is 0 Å². The Bertz CT molecular complexity index is 958. The topological polar surface area (TPSA) is 81.6 Å². The molecule has 10 heteroatoms. The Morgan fingerprint density at radius 2 is 2.03 bits per heavy atom. The summed E-state index contributed by atoms with van der Waals surface area (Å²) >= 11 is 9.88. The first-order valence-electron chi connectivity index (χ1n) is 9.71. The van der Waals surface area contributed by atoms with Crippen molar-refractivity contribution in [3.63, 3.8) is 0 Å². The van der Waals surface area contributed by atoms with E-state index >= 15 is 0 Å². The Balaban J connectivity index is 1.32. The zero-order valence-electron chi connectivity index (χ0n) is 16.6. The number of hydrazone groups is 1. The minimum atomic E-state index is -0.174. The van der Waals surface area contributed by atoms with Crippen LogP contribution in [0.1, 0.15) is 11.1 Å². The minimum Gasteiger partial charge on any atom is -0.486 e. The Labute approximate surface area is 193 Å². The quantitative estimate of drug-likeness (QED) is 0.455. The van der Waals surface area contributed by atoms with Crippen molar-refractivity contribution >= 4 is 39.7 Å². The number of nitrogens with zero attached hydrogens (tertiary/aromatic N) is 2. The van der Waals surface area contributed by atoms with Gasteiger partial charge in [-0.15, -0.1) is 0 Å². The van der Waals surface area contributed by atoms with Crippen LogP contribution >= 0.6 is 27.5 Å². The second-order valence-corrected chi connectivity index (χ2v) is 8.23. The van der Waals surface area contributed by atoms with Crippen molar-refractivity contribution in [2.24, 2.45) is 5.10 Å². The Morgan fingerprint density at radius 1 is 1.23 bits per heavy atom. The maximum Gasteiger partial charge on any atom is 0.254 e. The lowest BCUT2D eigenvalue weighted by molar-refractivity contribution is -0.123. The van der Waals surface area contributed by atoms with Gasteiger partial charge in [0.25, 0.3) is 5.91 Å². The molecule has 0 atom stereocenters. The number of hydrogen-bond donors (Lipinski definition) is 1. The molecular weight excluding hydrogens is 490 g/mol. The highest BCUT2D eigenvalue weighted by molar-refractivity contribution is 9.10. The fourth-order valence-electron chi connectivity index (χ4n) is 3.15. The van der Waals surface area contributed by atoms with Gasteiger partial charge in [-0.05, 0) is 51.3 Å². The standard InChI is InChI=1S/C21H21BrClN3O5/c22-16-7-15(10-24-25-20(27)11-26-3-5-28-6-4-26)8-17(23)21(16)29-12-14-1-2-18-19(9-14)31-13-30-18/h1-2,7-10H,3-6,11-13H2,(H,25,27)/b24-10+. The van der Waals surface area contributed by atoms with Crippen LogP contribution in [0.15, 0.2) is 39.9 Å². The van der Waals surface area contributed by atoms with Crippen LogP contribution in [-0.2, 0) is 16.1 Å². The lowest BCUT2D eigenvalue weighted by Gasteiger charge is -2.25. The molecule has 2 aliphatic heterocycles. The van der Waals surface area contributed by atoms with Gasteiger partial charge in [0.05, 0.1) is 35.5 Å². The van der Waals surface area contributed by atoms with E-state index in [0.717, 1.165) is 30.0 Å². The number of benzene rings is 2. The third-order valence-electron chi connectivity index (χ3n) is 4.71. The zero-order chi connectivity index (χ0) is 21.6. The van der Waals surface area contributed by atoms with Crippen LogP contribution in [0.3, 0.4) is 0 Å². The van der Waals surface area contributed by atoms with Gasteiger partial charge in [0.15, 0.2) is 17.2 Å². The molecule has 2 aromatic carbocycles. The van der Waals surface area contributed by atoms with Gasteiger partial charge in [-0.25, -0.2) is 5.43 Å². The summed E-state index contributed by atoms with van der Waals surface area (Å²) in [6, 6.07) is 9.18. The smallest absolute Gasteiger partial charge is 0.254 e. The first-order chi connectivity index (χ1) is 15.1. The van der Waals surface area contributed by atoms with Crippen LogP contribution in [0, 0.1) is 0 Å². The molecule has 0 radical (unpaired) electrons. The normalized spacial score (nSPS) is 15.9. The molecule has 0 bridgehead atoms. The summed E-state index contributed by atoms with van der Waals surface area (Å²) in [7, 11) is 0. The summed E-state index contributed by atoms with van der Waals surface area (Å²) in [4.78, 5) is 14.0. The molecule has 8 nitrogen and oxygen atoms in total. The molecular formula is C21H21BrClN3O5. The molecule has 4 rings (SSSR count). The predicted molar refractivity (Wildman–Crippen MR) is 119 cm³/mol. The lowest BCUT2D eigenvalue weighted by atomic mass is 10.2. The highest BCUT2D eigenvalue weighted by Crippen LogP contribution is 2.36. The van der Waals surface area contributed by atoms with E-state index in [1.54, 1.807) is 6.07 Å². The van der Waals surface area contributed by atoms with Gasteiger partial charge < -0.3 is 18.9 Å².